The SMILES string of the molecule is CC1=NNC(=O)N(NC(=S)Nc2cccc(C)c2)C1. The molecule has 0 spiro atoms. The Bertz CT molecular complexity index is 543. The van der Waals surface area contributed by atoms with E-state index in [0.717, 1.165) is 17.0 Å². The molecule has 100 valence electrons. The van der Waals surface area contributed by atoms with Crippen LogP contribution in [0.4, 0.5) is 10.5 Å². The van der Waals surface area contributed by atoms with Gasteiger partial charge in [-0.1, -0.05) is 12.1 Å². The molecule has 6 nitrogen and oxygen atoms in total. The molecule has 0 aliphatic carbocycles. The molecule has 0 bridgehead atoms. The molecule has 0 fully saturated rings. The number of nitrogens with zero attached hydrogens (tertiary/aromatic N) is 2. The summed E-state index contributed by atoms with van der Waals surface area (Å²) in [4.78, 5) is 11.5. The fraction of sp³-hybridized carbons (Fsp3) is 0.250. The van der Waals surface area contributed by atoms with Gasteiger partial charge in [-0.2, -0.15) is 5.10 Å². The number of thiocarbonyl (C=S) groups is 1. The van der Waals surface area contributed by atoms with Gasteiger partial charge < -0.3 is 5.32 Å². The van der Waals surface area contributed by atoms with Gasteiger partial charge in [0.25, 0.3) is 0 Å². The van der Waals surface area contributed by atoms with Gasteiger partial charge in [-0.15, -0.1) is 0 Å². The minimum Gasteiger partial charge on any atom is -0.331 e. The quantitative estimate of drug-likeness (QED) is 0.718. The van der Waals surface area contributed by atoms with Gasteiger partial charge in [-0.25, -0.2) is 15.2 Å². The Morgan fingerprint density at radius 2 is 2.26 bits per heavy atom. The molecular weight excluding hydrogens is 262 g/mol. The lowest BCUT2D eigenvalue weighted by Gasteiger charge is -2.27. The van der Waals surface area contributed by atoms with Crippen molar-refractivity contribution in [2.75, 3.05) is 11.9 Å². The average Bonchev–Trinajstić information content (AvgIpc) is 2.34. The predicted molar refractivity (Wildman–Crippen MR) is 78.9 cm³/mol. The first kappa shape index (κ1) is 13.3. The molecule has 0 saturated heterocycles. The third-order valence-corrected chi connectivity index (χ3v) is 2.68. The van der Waals surface area contributed by atoms with Crippen molar-refractivity contribution in [2.45, 2.75) is 13.8 Å². The Morgan fingerprint density at radius 1 is 1.47 bits per heavy atom. The first-order valence-corrected chi connectivity index (χ1v) is 6.20. The molecular formula is C12H15N5OS. The zero-order chi connectivity index (χ0) is 13.8. The van der Waals surface area contributed by atoms with Gasteiger partial charge in [0, 0.05) is 5.69 Å². The highest BCUT2D eigenvalue weighted by Crippen LogP contribution is 2.09. The van der Waals surface area contributed by atoms with E-state index in [0.29, 0.717) is 11.7 Å². The smallest absolute Gasteiger partial charge is 0.331 e. The first-order chi connectivity index (χ1) is 9.04. The predicted octanol–water partition coefficient (Wildman–Crippen LogP) is 1.60. The number of hydrazine groups is 1. The van der Waals surface area contributed by atoms with E-state index in [2.05, 4.69) is 21.3 Å². The number of nitrogens with one attached hydrogen (secondary N) is 3. The van der Waals surface area contributed by atoms with E-state index >= 15 is 0 Å². The number of rotatable bonds is 2. The molecule has 7 heteroatoms. The van der Waals surface area contributed by atoms with Crippen LogP contribution in [0.15, 0.2) is 29.4 Å². The summed E-state index contributed by atoms with van der Waals surface area (Å²) in [5.74, 6) is 0. The molecule has 2 amide bonds. The Labute approximate surface area is 116 Å². The van der Waals surface area contributed by atoms with E-state index in [1.807, 2.05) is 38.1 Å². The van der Waals surface area contributed by atoms with Crippen LogP contribution in [0.2, 0.25) is 0 Å². The molecule has 1 aliphatic heterocycles. The number of carbonyl (C=O) groups excluding carboxylic acids is 1. The van der Waals surface area contributed by atoms with Crippen molar-refractivity contribution >= 4 is 34.8 Å². The van der Waals surface area contributed by atoms with Crippen LogP contribution in [0, 0.1) is 6.92 Å². The van der Waals surface area contributed by atoms with Gasteiger partial charge in [-0.05, 0) is 43.8 Å². The third kappa shape index (κ3) is 3.65. The van der Waals surface area contributed by atoms with Crippen molar-refractivity contribution in [1.29, 1.82) is 0 Å². The molecule has 0 saturated carbocycles. The second-order valence-electron chi connectivity index (χ2n) is 4.29. The van der Waals surface area contributed by atoms with Crippen LogP contribution in [-0.2, 0) is 0 Å². The van der Waals surface area contributed by atoms with E-state index in [1.165, 1.54) is 5.01 Å². The summed E-state index contributed by atoms with van der Waals surface area (Å²) in [5, 5.41) is 8.59. The number of aryl methyl sites for hydroxylation is 1. The van der Waals surface area contributed by atoms with Crippen molar-refractivity contribution in [3.05, 3.63) is 29.8 Å². The molecule has 1 aliphatic rings. The zero-order valence-electron chi connectivity index (χ0n) is 10.7. The highest BCUT2D eigenvalue weighted by molar-refractivity contribution is 7.80. The maximum absolute atomic E-state index is 11.5. The Balaban J connectivity index is 1.94. The highest BCUT2D eigenvalue weighted by Gasteiger charge is 2.19. The minimum atomic E-state index is -0.334. The second kappa shape index (κ2) is 5.66. The largest absolute Gasteiger partial charge is 0.356 e. The van der Waals surface area contributed by atoms with Crippen LogP contribution in [-0.4, -0.2) is 28.4 Å². The Hall–Kier alpha value is -2.15. The minimum absolute atomic E-state index is 0.334. The van der Waals surface area contributed by atoms with E-state index in [-0.39, 0.29) is 6.03 Å². The molecule has 2 rings (SSSR count). The summed E-state index contributed by atoms with van der Waals surface area (Å²) in [6.07, 6.45) is 0. The molecule has 3 N–H and O–H groups in total. The first-order valence-electron chi connectivity index (χ1n) is 5.79. The average molecular weight is 277 g/mol. The monoisotopic (exact) mass is 277 g/mol. The van der Waals surface area contributed by atoms with Crippen molar-refractivity contribution in [3.63, 3.8) is 0 Å². The number of anilines is 1. The number of urea groups is 1. The van der Waals surface area contributed by atoms with E-state index in [1.54, 1.807) is 0 Å². The van der Waals surface area contributed by atoms with Gasteiger partial charge in [0.2, 0.25) is 0 Å². The number of carbonyl (C=O) groups is 1. The van der Waals surface area contributed by atoms with Crippen molar-refractivity contribution in [1.82, 2.24) is 15.9 Å². The highest BCUT2D eigenvalue weighted by atomic mass is 32.1. The van der Waals surface area contributed by atoms with Gasteiger partial charge in [-0.3, -0.25) is 5.43 Å². The Kier molecular flexibility index (Phi) is 3.96. The van der Waals surface area contributed by atoms with Crippen LogP contribution < -0.4 is 16.2 Å². The molecule has 1 aromatic rings. The standard InChI is InChI=1S/C12H15N5OS/c1-8-4-3-5-10(6-8)13-11(19)16-17-7-9(2)14-15-12(17)18/h3-6H,7H2,1-2H3,(H,15,18)(H2,13,16,19). The van der Waals surface area contributed by atoms with Crippen LogP contribution in [0.25, 0.3) is 0 Å². The maximum Gasteiger partial charge on any atom is 0.356 e. The Morgan fingerprint density at radius 3 is 3.00 bits per heavy atom. The normalized spacial score (nSPS) is 14.5. The number of hydrogen-bond donors (Lipinski definition) is 3. The van der Waals surface area contributed by atoms with Crippen LogP contribution in [0.5, 0.6) is 0 Å². The van der Waals surface area contributed by atoms with Gasteiger partial charge >= 0.3 is 6.03 Å². The summed E-state index contributed by atoms with van der Waals surface area (Å²) < 4.78 is 0. The number of hydrogen-bond acceptors (Lipinski definition) is 3. The summed E-state index contributed by atoms with van der Waals surface area (Å²) >= 11 is 5.17. The fourth-order valence-electron chi connectivity index (χ4n) is 1.63. The van der Waals surface area contributed by atoms with Gasteiger partial charge in [0.1, 0.15) is 0 Å². The fourth-order valence-corrected chi connectivity index (χ4v) is 1.86. The molecule has 0 aromatic heterocycles. The lowest BCUT2D eigenvalue weighted by atomic mass is 10.2. The molecule has 1 heterocycles. The molecule has 1 aromatic carbocycles. The summed E-state index contributed by atoms with van der Waals surface area (Å²) in [7, 11) is 0. The van der Waals surface area contributed by atoms with Crippen LogP contribution >= 0.6 is 12.2 Å². The number of hydrazone groups is 1. The zero-order valence-corrected chi connectivity index (χ0v) is 11.5. The maximum atomic E-state index is 11.5. The summed E-state index contributed by atoms with van der Waals surface area (Å²) in [6.45, 7) is 4.21. The second-order valence-corrected chi connectivity index (χ2v) is 4.69. The van der Waals surface area contributed by atoms with E-state index in [4.69, 9.17) is 12.2 Å². The van der Waals surface area contributed by atoms with E-state index < -0.39 is 0 Å². The molecule has 0 radical (unpaired) electrons. The third-order valence-electron chi connectivity index (χ3n) is 2.49. The van der Waals surface area contributed by atoms with Crippen LogP contribution in [0.1, 0.15) is 12.5 Å². The topological polar surface area (TPSA) is 68.8 Å². The van der Waals surface area contributed by atoms with Crippen molar-refractivity contribution in [3.8, 4) is 0 Å². The van der Waals surface area contributed by atoms with Gasteiger partial charge in [0.15, 0.2) is 5.11 Å². The number of benzene rings is 1. The van der Waals surface area contributed by atoms with Crippen LogP contribution in [0.3, 0.4) is 0 Å². The molecule has 0 unspecified atom stereocenters. The van der Waals surface area contributed by atoms with E-state index in [9.17, 15) is 4.79 Å². The lowest BCUT2D eigenvalue weighted by molar-refractivity contribution is 0.192. The lowest BCUT2D eigenvalue weighted by Crippen LogP contribution is -2.55. The molecule has 0 atom stereocenters. The van der Waals surface area contributed by atoms with Crippen molar-refractivity contribution < 1.29 is 4.79 Å². The van der Waals surface area contributed by atoms with Gasteiger partial charge in [0.05, 0.1) is 12.3 Å². The van der Waals surface area contributed by atoms with Crippen molar-refractivity contribution in [2.24, 2.45) is 5.10 Å². The number of amides is 2. The summed E-state index contributed by atoms with van der Waals surface area (Å²) in [6, 6.07) is 7.48. The summed E-state index contributed by atoms with van der Waals surface area (Å²) in [5.41, 5.74) is 8.02. The molecule has 19 heavy (non-hydrogen) atoms.